The molecule has 0 aliphatic heterocycles. The Bertz CT molecular complexity index is 205. The van der Waals surface area contributed by atoms with Crippen LogP contribution in [0.25, 0.3) is 0 Å². The number of alkyl halides is 1. The van der Waals surface area contributed by atoms with Gasteiger partial charge in [0.25, 0.3) is 0 Å². The maximum Gasteiger partial charge on any atom is 0.0509 e. The van der Waals surface area contributed by atoms with Crippen LogP contribution in [-0.2, 0) is 11.8 Å². The lowest BCUT2D eigenvalue weighted by Gasteiger charge is -1.98. The summed E-state index contributed by atoms with van der Waals surface area (Å²) in [5.74, 6) is 0. The molecular formula is C9H12BrN. The number of hydrogen-bond acceptors (Lipinski definition) is 1. The molecular weight excluding hydrogens is 202 g/mol. The minimum absolute atomic E-state index is 0.847. The highest BCUT2D eigenvalue weighted by Crippen LogP contribution is 2.05. The van der Waals surface area contributed by atoms with E-state index in [9.17, 15) is 0 Å². The van der Waals surface area contributed by atoms with Gasteiger partial charge in [-0.15, -0.1) is 0 Å². The fourth-order valence-electron chi connectivity index (χ4n) is 0.971. The van der Waals surface area contributed by atoms with Crippen molar-refractivity contribution in [3.05, 3.63) is 29.6 Å². The van der Waals surface area contributed by atoms with Crippen LogP contribution in [0.1, 0.15) is 24.6 Å². The summed E-state index contributed by atoms with van der Waals surface area (Å²) in [6, 6.07) is 4.22. The minimum atomic E-state index is 0.847. The van der Waals surface area contributed by atoms with E-state index in [0.29, 0.717) is 0 Å². The summed E-state index contributed by atoms with van der Waals surface area (Å²) in [6.07, 6.45) is 4.28. The summed E-state index contributed by atoms with van der Waals surface area (Å²) < 4.78 is 0. The Morgan fingerprint density at radius 2 is 2.27 bits per heavy atom. The molecule has 0 fully saturated rings. The molecule has 0 aliphatic carbocycles. The van der Waals surface area contributed by atoms with Crippen molar-refractivity contribution in [3.8, 4) is 0 Å². The maximum atomic E-state index is 4.27. The number of aryl methyl sites for hydroxylation is 1. The van der Waals surface area contributed by atoms with Crippen LogP contribution in [0.3, 0.4) is 0 Å². The number of rotatable bonds is 3. The lowest BCUT2D eigenvalue weighted by atomic mass is 10.2. The molecule has 1 aromatic heterocycles. The van der Waals surface area contributed by atoms with E-state index in [4.69, 9.17) is 0 Å². The number of aromatic nitrogens is 1. The molecule has 60 valence electrons. The fourth-order valence-corrected chi connectivity index (χ4v) is 1.30. The van der Waals surface area contributed by atoms with Crippen LogP contribution >= 0.6 is 15.9 Å². The van der Waals surface area contributed by atoms with Crippen molar-refractivity contribution >= 4 is 15.9 Å². The summed E-state index contributed by atoms with van der Waals surface area (Å²) in [5, 5.41) is 0.847. The number of hydrogen-bond donors (Lipinski definition) is 0. The fraction of sp³-hybridized carbons (Fsp3) is 0.444. The van der Waals surface area contributed by atoms with Crippen LogP contribution in [0.15, 0.2) is 18.3 Å². The van der Waals surface area contributed by atoms with Crippen LogP contribution < -0.4 is 0 Å². The highest BCUT2D eigenvalue weighted by Gasteiger charge is 1.92. The van der Waals surface area contributed by atoms with Gasteiger partial charge in [-0.3, -0.25) is 4.98 Å². The van der Waals surface area contributed by atoms with Crippen molar-refractivity contribution < 1.29 is 0 Å². The zero-order chi connectivity index (χ0) is 8.10. The second kappa shape index (κ2) is 4.50. The van der Waals surface area contributed by atoms with Crippen LogP contribution in [0.4, 0.5) is 0 Å². The van der Waals surface area contributed by atoms with E-state index in [1.165, 1.54) is 12.0 Å². The Morgan fingerprint density at radius 3 is 2.73 bits per heavy atom. The van der Waals surface area contributed by atoms with Crippen molar-refractivity contribution in [2.24, 2.45) is 0 Å². The van der Waals surface area contributed by atoms with E-state index in [2.05, 4.69) is 40.0 Å². The molecule has 0 bridgehead atoms. The van der Waals surface area contributed by atoms with E-state index >= 15 is 0 Å². The molecule has 0 N–H and O–H groups in total. The molecule has 0 aromatic carbocycles. The lowest BCUT2D eigenvalue weighted by Crippen LogP contribution is -1.88. The van der Waals surface area contributed by atoms with Gasteiger partial charge in [0.2, 0.25) is 0 Å². The van der Waals surface area contributed by atoms with Crippen LogP contribution in [0.2, 0.25) is 0 Å². The SMILES string of the molecule is CCCc1ccc(CBr)nc1. The minimum Gasteiger partial charge on any atom is -0.260 e. The Morgan fingerprint density at radius 1 is 1.45 bits per heavy atom. The summed E-state index contributed by atoms with van der Waals surface area (Å²) in [4.78, 5) is 4.27. The summed E-state index contributed by atoms with van der Waals surface area (Å²) in [6.45, 7) is 2.18. The summed E-state index contributed by atoms with van der Waals surface area (Å²) in [7, 11) is 0. The molecule has 0 saturated carbocycles. The molecule has 11 heavy (non-hydrogen) atoms. The highest BCUT2D eigenvalue weighted by molar-refractivity contribution is 9.08. The first kappa shape index (κ1) is 8.72. The van der Waals surface area contributed by atoms with Crippen molar-refractivity contribution in [2.75, 3.05) is 0 Å². The van der Waals surface area contributed by atoms with Crippen molar-refractivity contribution in [1.82, 2.24) is 4.98 Å². The van der Waals surface area contributed by atoms with Gasteiger partial charge in [-0.25, -0.2) is 0 Å². The number of nitrogens with zero attached hydrogens (tertiary/aromatic N) is 1. The molecule has 1 aromatic rings. The van der Waals surface area contributed by atoms with E-state index in [1.54, 1.807) is 0 Å². The number of pyridine rings is 1. The van der Waals surface area contributed by atoms with E-state index in [0.717, 1.165) is 17.4 Å². The molecule has 0 atom stereocenters. The third-order valence-corrected chi connectivity index (χ3v) is 2.14. The van der Waals surface area contributed by atoms with Gasteiger partial charge in [-0.05, 0) is 18.1 Å². The molecule has 0 unspecified atom stereocenters. The van der Waals surface area contributed by atoms with Gasteiger partial charge in [-0.1, -0.05) is 35.3 Å². The largest absolute Gasteiger partial charge is 0.260 e. The average molecular weight is 214 g/mol. The summed E-state index contributed by atoms with van der Waals surface area (Å²) in [5.41, 5.74) is 2.43. The molecule has 0 spiro atoms. The molecule has 1 nitrogen and oxygen atoms in total. The quantitative estimate of drug-likeness (QED) is 0.705. The Hall–Kier alpha value is -0.370. The molecule has 1 heterocycles. The molecule has 0 amide bonds. The predicted molar refractivity (Wildman–Crippen MR) is 50.9 cm³/mol. The highest BCUT2D eigenvalue weighted by atomic mass is 79.9. The van der Waals surface area contributed by atoms with Crippen LogP contribution in [-0.4, -0.2) is 4.98 Å². The Labute approximate surface area is 76.0 Å². The predicted octanol–water partition coefficient (Wildman–Crippen LogP) is 2.93. The van der Waals surface area contributed by atoms with Crippen molar-refractivity contribution in [2.45, 2.75) is 25.1 Å². The molecule has 0 aliphatic rings. The van der Waals surface area contributed by atoms with Crippen LogP contribution in [0.5, 0.6) is 0 Å². The second-order valence-corrected chi connectivity index (χ2v) is 3.10. The lowest BCUT2D eigenvalue weighted by molar-refractivity contribution is 0.910. The average Bonchev–Trinajstić information content (AvgIpc) is 2.07. The topological polar surface area (TPSA) is 12.9 Å². The van der Waals surface area contributed by atoms with Gasteiger partial charge < -0.3 is 0 Å². The van der Waals surface area contributed by atoms with Crippen LogP contribution in [0, 0.1) is 0 Å². The molecule has 1 rings (SSSR count). The Kier molecular flexibility index (Phi) is 3.57. The smallest absolute Gasteiger partial charge is 0.0509 e. The van der Waals surface area contributed by atoms with E-state index < -0.39 is 0 Å². The van der Waals surface area contributed by atoms with Gasteiger partial charge in [0.05, 0.1) is 5.69 Å². The maximum absolute atomic E-state index is 4.27. The summed E-state index contributed by atoms with van der Waals surface area (Å²) >= 11 is 3.36. The second-order valence-electron chi connectivity index (χ2n) is 2.54. The first-order valence-electron chi connectivity index (χ1n) is 3.86. The molecule has 2 heteroatoms. The van der Waals surface area contributed by atoms with Crippen molar-refractivity contribution in [1.29, 1.82) is 0 Å². The normalized spacial score (nSPS) is 10.0. The molecule has 0 saturated heterocycles. The van der Waals surface area contributed by atoms with Gasteiger partial charge >= 0.3 is 0 Å². The Balaban J connectivity index is 2.66. The van der Waals surface area contributed by atoms with Gasteiger partial charge in [0.15, 0.2) is 0 Å². The monoisotopic (exact) mass is 213 g/mol. The van der Waals surface area contributed by atoms with E-state index in [1.807, 2.05) is 6.20 Å². The zero-order valence-electron chi connectivity index (χ0n) is 6.68. The van der Waals surface area contributed by atoms with Gasteiger partial charge in [0.1, 0.15) is 0 Å². The third-order valence-electron chi connectivity index (χ3n) is 1.56. The standard InChI is InChI=1S/C9H12BrN/c1-2-3-8-4-5-9(6-10)11-7-8/h4-5,7H,2-3,6H2,1H3. The number of halogens is 1. The van der Waals surface area contributed by atoms with E-state index in [-0.39, 0.29) is 0 Å². The first-order valence-corrected chi connectivity index (χ1v) is 4.98. The van der Waals surface area contributed by atoms with Crippen molar-refractivity contribution in [3.63, 3.8) is 0 Å². The van der Waals surface area contributed by atoms with Gasteiger partial charge in [-0.2, -0.15) is 0 Å². The zero-order valence-corrected chi connectivity index (χ0v) is 8.26. The third kappa shape index (κ3) is 2.62. The van der Waals surface area contributed by atoms with Gasteiger partial charge in [0, 0.05) is 11.5 Å². The first-order chi connectivity index (χ1) is 5.36. The molecule has 0 radical (unpaired) electrons.